The lowest BCUT2D eigenvalue weighted by atomic mass is 10.1. The minimum absolute atomic E-state index is 0.312. The standard InChI is InChI=1S/C16H15NO2/c1-12-8-10-14(11-9-12)17-15(16(18)19-2)13-6-4-3-5-7-13/h3-11H,1-2H3. The molecule has 96 valence electrons. The van der Waals surface area contributed by atoms with E-state index in [1.54, 1.807) is 0 Å². The van der Waals surface area contributed by atoms with Crippen molar-refractivity contribution in [3.05, 3.63) is 65.7 Å². The predicted molar refractivity (Wildman–Crippen MR) is 75.8 cm³/mol. The zero-order valence-corrected chi connectivity index (χ0v) is 11.0. The molecule has 0 amide bonds. The Labute approximate surface area is 112 Å². The Morgan fingerprint density at radius 3 is 2.21 bits per heavy atom. The molecule has 2 aromatic rings. The molecule has 0 aliphatic rings. The molecule has 2 aromatic carbocycles. The zero-order valence-electron chi connectivity index (χ0n) is 11.0. The van der Waals surface area contributed by atoms with Crippen molar-refractivity contribution in [3.8, 4) is 0 Å². The minimum Gasteiger partial charge on any atom is -0.464 e. The molecule has 0 N–H and O–H groups in total. The number of benzene rings is 2. The normalized spacial score (nSPS) is 11.2. The van der Waals surface area contributed by atoms with Crippen LogP contribution in [0, 0.1) is 6.92 Å². The quantitative estimate of drug-likeness (QED) is 0.622. The third kappa shape index (κ3) is 3.28. The van der Waals surface area contributed by atoms with Gasteiger partial charge in [0.25, 0.3) is 0 Å². The fourth-order valence-corrected chi connectivity index (χ4v) is 1.67. The Hall–Kier alpha value is -2.42. The number of hydrogen-bond acceptors (Lipinski definition) is 3. The van der Waals surface area contributed by atoms with Gasteiger partial charge < -0.3 is 4.74 Å². The molecule has 0 heterocycles. The van der Waals surface area contributed by atoms with Crippen LogP contribution in [0.15, 0.2) is 59.6 Å². The number of esters is 1. The van der Waals surface area contributed by atoms with Gasteiger partial charge >= 0.3 is 5.97 Å². The molecule has 0 unspecified atom stereocenters. The van der Waals surface area contributed by atoms with Crippen molar-refractivity contribution in [2.24, 2.45) is 4.99 Å². The lowest BCUT2D eigenvalue weighted by molar-refractivity contribution is -0.132. The van der Waals surface area contributed by atoms with E-state index in [0.717, 1.165) is 16.8 Å². The third-order valence-corrected chi connectivity index (χ3v) is 2.70. The molecule has 2 rings (SSSR count). The molecule has 0 fully saturated rings. The smallest absolute Gasteiger partial charge is 0.357 e. The summed E-state index contributed by atoms with van der Waals surface area (Å²) in [5, 5.41) is 0. The summed E-state index contributed by atoms with van der Waals surface area (Å²) in [6.45, 7) is 2.01. The lowest BCUT2D eigenvalue weighted by Crippen LogP contribution is -2.16. The van der Waals surface area contributed by atoms with E-state index >= 15 is 0 Å². The van der Waals surface area contributed by atoms with Crippen LogP contribution in [-0.4, -0.2) is 18.8 Å². The first-order valence-corrected chi connectivity index (χ1v) is 6.00. The summed E-state index contributed by atoms with van der Waals surface area (Å²) in [5.74, 6) is -0.438. The molecule has 3 nitrogen and oxygen atoms in total. The van der Waals surface area contributed by atoms with Crippen molar-refractivity contribution in [3.63, 3.8) is 0 Å². The predicted octanol–water partition coefficient (Wildman–Crippen LogP) is 3.29. The van der Waals surface area contributed by atoms with Gasteiger partial charge in [0.15, 0.2) is 5.71 Å². The van der Waals surface area contributed by atoms with Crippen LogP contribution in [0.2, 0.25) is 0 Å². The first-order chi connectivity index (χ1) is 9.20. The van der Waals surface area contributed by atoms with Gasteiger partial charge in [0, 0.05) is 5.56 Å². The number of carbonyl (C=O) groups is 1. The second-order valence-electron chi connectivity index (χ2n) is 4.15. The van der Waals surface area contributed by atoms with E-state index < -0.39 is 5.97 Å². The van der Waals surface area contributed by atoms with Gasteiger partial charge in [-0.25, -0.2) is 9.79 Å². The van der Waals surface area contributed by atoms with Gasteiger partial charge in [-0.2, -0.15) is 0 Å². The number of aryl methyl sites for hydroxylation is 1. The molecule has 0 aliphatic heterocycles. The maximum Gasteiger partial charge on any atom is 0.357 e. The molecule has 0 bridgehead atoms. The van der Waals surface area contributed by atoms with Crippen LogP contribution in [0.3, 0.4) is 0 Å². The van der Waals surface area contributed by atoms with Crippen LogP contribution in [0.25, 0.3) is 0 Å². The Morgan fingerprint density at radius 1 is 1.00 bits per heavy atom. The van der Waals surface area contributed by atoms with Crippen molar-refractivity contribution < 1.29 is 9.53 Å². The van der Waals surface area contributed by atoms with Gasteiger partial charge in [-0.05, 0) is 19.1 Å². The van der Waals surface area contributed by atoms with E-state index in [-0.39, 0.29) is 0 Å². The van der Waals surface area contributed by atoms with Gasteiger partial charge in [0.1, 0.15) is 0 Å². The van der Waals surface area contributed by atoms with Crippen LogP contribution in [0.1, 0.15) is 11.1 Å². The van der Waals surface area contributed by atoms with E-state index in [0.29, 0.717) is 5.71 Å². The minimum atomic E-state index is -0.438. The summed E-state index contributed by atoms with van der Waals surface area (Å²) in [4.78, 5) is 16.2. The van der Waals surface area contributed by atoms with Gasteiger partial charge in [0.05, 0.1) is 12.8 Å². The highest BCUT2D eigenvalue weighted by atomic mass is 16.5. The second kappa shape index (κ2) is 5.96. The van der Waals surface area contributed by atoms with Crippen LogP contribution in [0.4, 0.5) is 5.69 Å². The van der Waals surface area contributed by atoms with Gasteiger partial charge in [-0.15, -0.1) is 0 Å². The van der Waals surface area contributed by atoms with Crippen molar-refractivity contribution in [2.75, 3.05) is 7.11 Å². The maximum absolute atomic E-state index is 11.8. The molecule has 0 spiro atoms. The molecular formula is C16H15NO2. The zero-order chi connectivity index (χ0) is 13.7. The fourth-order valence-electron chi connectivity index (χ4n) is 1.67. The largest absolute Gasteiger partial charge is 0.464 e. The molecule has 0 atom stereocenters. The van der Waals surface area contributed by atoms with E-state index in [1.807, 2.05) is 61.5 Å². The van der Waals surface area contributed by atoms with Crippen LogP contribution in [-0.2, 0) is 9.53 Å². The molecule has 0 saturated carbocycles. The average molecular weight is 253 g/mol. The second-order valence-corrected chi connectivity index (χ2v) is 4.15. The number of rotatable bonds is 3. The monoisotopic (exact) mass is 253 g/mol. The van der Waals surface area contributed by atoms with E-state index in [2.05, 4.69) is 4.99 Å². The summed E-state index contributed by atoms with van der Waals surface area (Å²) in [6, 6.07) is 17.0. The fraction of sp³-hybridized carbons (Fsp3) is 0.125. The summed E-state index contributed by atoms with van der Waals surface area (Å²) < 4.78 is 4.79. The topological polar surface area (TPSA) is 38.7 Å². The Bertz CT molecular complexity index is 586. The number of methoxy groups -OCH3 is 1. The van der Waals surface area contributed by atoms with Gasteiger partial charge in [0.2, 0.25) is 0 Å². The summed E-state index contributed by atoms with van der Waals surface area (Å²) >= 11 is 0. The molecule has 0 saturated heterocycles. The first kappa shape index (κ1) is 13.0. The van der Waals surface area contributed by atoms with Crippen molar-refractivity contribution in [1.29, 1.82) is 0 Å². The summed E-state index contributed by atoms with van der Waals surface area (Å²) in [6.07, 6.45) is 0. The number of aliphatic imine (C=N–C) groups is 1. The van der Waals surface area contributed by atoms with E-state index in [4.69, 9.17) is 4.74 Å². The van der Waals surface area contributed by atoms with E-state index in [9.17, 15) is 4.79 Å². The Morgan fingerprint density at radius 2 is 1.63 bits per heavy atom. The first-order valence-electron chi connectivity index (χ1n) is 6.00. The van der Waals surface area contributed by atoms with Crippen LogP contribution < -0.4 is 0 Å². The molecular weight excluding hydrogens is 238 g/mol. The third-order valence-electron chi connectivity index (χ3n) is 2.70. The van der Waals surface area contributed by atoms with Gasteiger partial charge in [-0.3, -0.25) is 0 Å². The number of ether oxygens (including phenoxy) is 1. The average Bonchev–Trinajstić information content (AvgIpc) is 2.47. The highest BCUT2D eigenvalue weighted by molar-refractivity contribution is 6.43. The Balaban J connectivity index is 2.44. The SMILES string of the molecule is COC(=O)C(=Nc1ccc(C)cc1)c1ccccc1. The van der Waals surface area contributed by atoms with Crippen LogP contribution >= 0.6 is 0 Å². The maximum atomic E-state index is 11.8. The molecule has 0 aliphatic carbocycles. The molecule has 3 heteroatoms. The van der Waals surface area contributed by atoms with Gasteiger partial charge in [-0.1, -0.05) is 48.0 Å². The number of nitrogens with zero attached hydrogens (tertiary/aromatic N) is 1. The molecule has 0 aromatic heterocycles. The number of hydrogen-bond donors (Lipinski definition) is 0. The van der Waals surface area contributed by atoms with Crippen molar-refractivity contribution in [1.82, 2.24) is 0 Å². The summed E-state index contributed by atoms with van der Waals surface area (Å²) in [7, 11) is 1.36. The number of carbonyl (C=O) groups excluding carboxylic acids is 1. The lowest BCUT2D eigenvalue weighted by Gasteiger charge is -2.05. The van der Waals surface area contributed by atoms with Crippen LogP contribution in [0.5, 0.6) is 0 Å². The molecule has 19 heavy (non-hydrogen) atoms. The Kier molecular flexibility index (Phi) is 4.08. The highest BCUT2D eigenvalue weighted by Crippen LogP contribution is 2.15. The van der Waals surface area contributed by atoms with Crippen molar-refractivity contribution >= 4 is 17.4 Å². The van der Waals surface area contributed by atoms with E-state index in [1.165, 1.54) is 7.11 Å². The highest BCUT2D eigenvalue weighted by Gasteiger charge is 2.14. The van der Waals surface area contributed by atoms with Crippen molar-refractivity contribution in [2.45, 2.75) is 6.92 Å². The molecule has 0 radical (unpaired) electrons. The summed E-state index contributed by atoms with van der Waals surface area (Å²) in [5.41, 5.74) is 2.94.